The number of carboxylic acids is 1. The van der Waals surface area contributed by atoms with Gasteiger partial charge >= 0.3 is 5.97 Å². The number of H-pyrrole nitrogens is 1. The lowest BCUT2D eigenvalue weighted by Gasteiger charge is -2.23. The third-order valence-corrected chi connectivity index (χ3v) is 6.00. The van der Waals surface area contributed by atoms with Crippen molar-refractivity contribution in [2.45, 2.75) is 37.4 Å². The molecule has 0 spiro atoms. The van der Waals surface area contributed by atoms with Gasteiger partial charge in [0.1, 0.15) is 24.1 Å². The summed E-state index contributed by atoms with van der Waals surface area (Å²) in [6.07, 6.45) is -7.12. The van der Waals surface area contributed by atoms with Crippen LogP contribution in [0.25, 0.3) is 22.2 Å². The molecule has 1 aromatic heterocycles. The average Bonchev–Trinajstić information content (AvgIpc) is 3.16. The van der Waals surface area contributed by atoms with Crippen molar-refractivity contribution >= 4 is 22.8 Å². The van der Waals surface area contributed by atoms with Crippen LogP contribution in [-0.2, 0) is 17.8 Å². The number of benzene rings is 2. The van der Waals surface area contributed by atoms with Crippen LogP contribution in [-0.4, -0.2) is 92.1 Å². The summed E-state index contributed by atoms with van der Waals surface area (Å²) in [4.78, 5) is 25.6. The minimum Gasteiger partial charge on any atom is -0.479 e. The van der Waals surface area contributed by atoms with Crippen molar-refractivity contribution in [3.8, 4) is 11.3 Å². The molecule has 37 heavy (non-hydrogen) atoms. The van der Waals surface area contributed by atoms with Crippen LogP contribution in [0.2, 0.25) is 0 Å². The van der Waals surface area contributed by atoms with Gasteiger partial charge in [-0.05, 0) is 42.3 Å². The maximum Gasteiger partial charge on any atom is 0.335 e. The van der Waals surface area contributed by atoms with E-state index in [0.29, 0.717) is 17.6 Å². The van der Waals surface area contributed by atoms with Crippen LogP contribution in [0, 0.1) is 5.82 Å². The number of carbonyl (C=O) groups is 2. The lowest BCUT2D eigenvalue weighted by atomic mass is 9.99. The number of aliphatic hydroxyl groups excluding tert-OH is 5. The summed E-state index contributed by atoms with van der Waals surface area (Å²) < 4.78 is 13.9. The minimum absolute atomic E-state index is 0.215. The summed E-state index contributed by atoms with van der Waals surface area (Å²) in [5.41, 5.74) is 5.36. The zero-order valence-corrected chi connectivity index (χ0v) is 20.0. The SMILES string of the molecule is CNCc1ccc(-c2[nH]c3cc(F)cc4c3c2CCNC4=O)cc1.O=C(O)[C@H](O)[C@@H](O)[C@H](O)[C@H](O)CO. The van der Waals surface area contributed by atoms with E-state index >= 15 is 0 Å². The molecule has 0 fully saturated rings. The summed E-state index contributed by atoms with van der Waals surface area (Å²) in [5.74, 6) is -2.34. The number of amides is 1. The van der Waals surface area contributed by atoms with Crippen molar-refractivity contribution < 1.29 is 44.6 Å². The van der Waals surface area contributed by atoms with Crippen molar-refractivity contribution in [3.05, 3.63) is 58.9 Å². The number of carboxylic acid groups (broad SMARTS) is 1. The Morgan fingerprint density at radius 1 is 1.11 bits per heavy atom. The summed E-state index contributed by atoms with van der Waals surface area (Å²) in [7, 11) is 1.92. The van der Waals surface area contributed by atoms with E-state index < -0.39 is 42.8 Å². The molecule has 0 radical (unpaired) electrons. The average molecular weight is 520 g/mol. The molecule has 0 aliphatic carbocycles. The van der Waals surface area contributed by atoms with Gasteiger partial charge < -0.3 is 46.3 Å². The molecule has 1 aliphatic rings. The van der Waals surface area contributed by atoms with E-state index in [-0.39, 0.29) is 5.91 Å². The predicted molar refractivity (Wildman–Crippen MR) is 131 cm³/mol. The number of hydrogen-bond acceptors (Lipinski definition) is 8. The second-order valence-electron chi connectivity index (χ2n) is 8.60. The van der Waals surface area contributed by atoms with Gasteiger partial charge in [-0.3, -0.25) is 4.79 Å². The first kappa shape index (κ1) is 28.2. The molecule has 4 rings (SSSR count). The van der Waals surface area contributed by atoms with E-state index in [9.17, 15) is 14.0 Å². The zero-order valence-electron chi connectivity index (χ0n) is 20.0. The normalized spacial score (nSPS) is 16.1. The van der Waals surface area contributed by atoms with Gasteiger partial charge in [0.15, 0.2) is 6.10 Å². The van der Waals surface area contributed by atoms with E-state index in [0.717, 1.165) is 35.2 Å². The molecular formula is C25H30FN3O8. The number of nitrogens with one attached hydrogen (secondary N) is 3. The van der Waals surface area contributed by atoms with Crippen molar-refractivity contribution in [2.75, 3.05) is 20.2 Å². The molecule has 1 aliphatic heterocycles. The zero-order chi connectivity index (χ0) is 27.3. The molecule has 0 saturated carbocycles. The van der Waals surface area contributed by atoms with Crippen LogP contribution in [0.1, 0.15) is 21.5 Å². The van der Waals surface area contributed by atoms with Gasteiger partial charge in [0, 0.05) is 29.7 Å². The Morgan fingerprint density at radius 2 is 1.78 bits per heavy atom. The Kier molecular flexibility index (Phi) is 9.32. The van der Waals surface area contributed by atoms with Gasteiger partial charge in [-0.25, -0.2) is 9.18 Å². The molecule has 0 unspecified atom stereocenters. The van der Waals surface area contributed by atoms with Crippen molar-refractivity contribution in [3.63, 3.8) is 0 Å². The molecule has 200 valence electrons. The first-order chi connectivity index (χ1) is 17.6. The Labute approximate surface area is 211 Å². The topological polar surface area (TPSA) is 195 Å². The van der Waals surface area contributed by atoms with Gasteiger partial charge in [-0.15, -0.1) is 0 Å². The molecule has 1 amide bonds. The fourth-order valence-electron chi connectivity index (χ4n) is 4.10. The van der Waals surface area contributed by atoms with Crippen LogP contribution >= 0.6 is 0 Å². The number of aromatic amines is 1. The molecule has 2 heterocycles. The molecule has 3 aromatic rings. The van der Waals surface area contributed by atoms with Crippen molar-refractivity contribution in [2.24, 2.45) is 0 Å². The smallest absolute Gasteiger partial charge is 0.335 e. The van der Waals surface area contributed by atoms with Gasteiger partial charge in [0.2, 0.25) is 0 Å². The fraction of sp³-hybridized carbons (Fsp3) is 0.360. The number of rotatable bonds is 8. The van der Waals surface area contributed by atoms with Crippen LogP contribution < -0.4 is 10.6 Å². The molecule has 0 bridgehead atoms. The predicted octanol–water partition coefficient (Wildman–Crippen LogP) is -0.514. The summed E-state index contributed by atoms with van der Waals surface area (Å²) in [6.45, 7) is 0.519. The van der Waals surface area contributed by atoms with E-state index in [1.165, 1.54) is 17.7 Å². The van der Waals surface area contributed by atoms with Crippen LogP contribution in [0.15, 0.2) is 36.4 Å². The number of aromatic nitrogens is 1. The highest BCUT2D eigenvalue weighted by Crippen LogP contribution is 2.34. The third kappa shape index (κ3) is 6.31. The molecule has 2 aromatic carbocycles. The van der Waals surface area contributed by atoms with Gasteiger partial charge in [0.25, 0.3) is 5.91 Å². The number of hydrogen-bond donors (Lipinski definition) is 9. The second kappa shape index (κ2) is 12.2. The summed E-state index contributed by atoms with van der Waals surface area (Å²) in [6, 6.07) is 11.0. The van der Waals surface area contributed by atoms with Crippen LogP contribution in [0.3, 0.4) is 0 Å². The highest BCUT2D eigenvalue weighted by atomic mass is 19.1. The first-order valence-corrected chi connectivity index (χ1v) is 11.5. The summed E-state index contributed by atoms with van der Waals surface area (Å²) >= 11 is 0. The van der Waals surface area contributed by atoms with Crippen LogP contribution in [0.5, 0.6) is 0 Å². The van der Waals surface area contributed by atoms with E-state index in [2.05, 4.69) is 39.9 Å². The van der Waals surface area contributed by atoms with E-state index in [1.807, 2.05) is 7.05 Å². The Hall–Kier alpha value is -3.39. The number of carbonyl (C=O) groups excluding carboxylic acids is 1. The van der Waals surface area contributed by atoms with Gasteiger partial charge in [-0.2, -0.15) is 0 Å². The minimum atomic E-state index is -2.20. The first-order valence-electron chi connectivity index (χ1n) is 11.5. The lowest BCUT2D eigenvalue weighted by molar-refractivity contribution is -0.164. The highest BCUT2D eigenvalue weighted by Gasteiger charge is 2.33. The highest BCUT2D eigenvalue weighted by molar-refractivity contribution is 6.10. The number of aliphatic carboxylic acids is 1. The molecule has 11 nitrogen and oxygen atoms in total. The van der Waals surface area contributed by atoms with Crippen molar-refractivity contribution in [1.82, 2.24) is 15.6 Å². The fourth-order valence-corrected chi connectivity index (χ4v) is 4.10. The number of halogens is 1. The third-order valence-electron chi connectivity index (χ3n) is 6.00. The molecular weight excluding hydrogens is 489 g/mol. The molecule has 9 N–H and O–H groups in total. The second-order valence-corrected chi connectivity index (χ2v) is 8.60. The van der Waals surface area contributed by atoms with Gasteiger partial charge in [-0.1, -0.05) is 24.3 Å². The van der Waals surface area contributed by atoms with E-state index in [4.69, 9.17) is 30.6 Å². The molecule has 12 heteroatoms. The Morgan fingerprint density at radius 3 is 2.38 bits per heavy atom. The Balaban J connectivity index is 0.000000251. The largest absolute Gasteiger partial charge is 0.479 e. The van der Waals surface area contributed by atoms with Crippen molar-refractivity contribution in [1.29, 1.82) is 0 Å². The lowest BCUT2D eigenvalue weighted by Crippen LogP contribution is -2.48. The number of aliphatic hydroxyl groups is 5. The molecule has 4 atom stereocenters. The van der Waals surface area contributed by atoms with Gasteiger partial charge in [0.05, 0.1) is 12.2 Å². The quantitative estimate of drug-likeness (QED) is 0.188. The maximum absolute atomic E-state index is 13.9. The molecule has 0 saturated heterocycles. The monoisotopic (exact) mass is 519 g/mol. The standard InChI is InChI=1S/C19H18FN3O.C6H12O7/c1-21-10-11-2-4-12(5-3-11)18-14-6-7-22-19(24)15-8-13(20)9-16(23-18)17(14)15;7-1-2(8)3(9)4(10)5(11)6(12)13/h2-5,8-9,21,23H,6-7,10H2,1H3,(H,22,24);2-5,7-11H,1H2,(H,12,13)/t;2-,3-,4+,5-/m.1/s1. The maximum atomic E-state index is 13.9. The Bertz CT molecular complexity index is 1250. The summed E-state index contributed by atoms with van der Waals surface area (Å²) in [5, 5.41) is 58.6. The van der Waals surface area contributed by atoms with Crippen LogP contribution in [0.4, 0.5) is 4.39 Å². The van der Waals surface area contributed by atoms with E-state index in [1.54, 1.807) is 0 Å².